The normalized spacial score (nSPS) is 10.2. The first-order valence-corrected chi connectivity index (χ1v) is 5.58. The van der Waals surface area contributed by atoms with Gasteiger partial charge in [-0.3, -0.25) is 10.1 Å². The molecule has 0 saturated carbocycles. The Morgan fingerprint density at radius 1 is 1.16 bits per heavy atom. The van der Waals surface area contributed by atoms with E-state index in [1.165, 1.54) is 18.2 Å². The lowest BCUT2D eigenvalue weighted by Crippen LogP contribution is -2.02. The second-order valence-corrected chi connectivity index (χ2v) is 4.13. The van der Waals surface area contributed by atoms with Crippen LogP contribution in [-0.4, -0.2) is 16.0 Å². The van der Waals surface area contributed by atoms with Gasteiger partial charge in [0.15, 0.2) is 0 Å². The third kappa shape index (κ3) is 2.44. The first kappa shape index (κ1) is 12.8. The standard InChI is InChI=1S/C14H11NO4/c1-9-5-7-10(8-6-9)13-11(14(16)17)3-2-4-12(13)15(18)19/h2-8H,1H3,(H,16,17). The lowest BCUT2D eigenvalue weighted by molar-refractivity contribution is -0.384. The van der Waals surface area contributed by atoms with Crippen LogP contribution >= 0.6 is 0 Å². The zero-order valence-corrected chi connectivity index (χ0v) is 10.2. The van der Waals surface area contributed by atoms with Crippen molar-refractivity contribution in [3.05, 3.63) is 63.7 Å². The monoisotopic (exact) mass is 257 g/mol. The summed E-state index contributed by atoms with van der Waals surface area (Å²) in [5.41, 5.74) is 1.39. The number of hydrogen-bond donors (Lipinski definition) is 1. The summed E-state index contributed by atoms with van der Waals surface area (Å²) in [7, 11) is 0. The Kier molecular flexibility index (Phi) is 3.29. The predicted molar refractivity (Wildman–Crippen MR) is 70.2 cm³/mol. The second-order valence-electron chi connectivity index (χ2n) is 4.13. The SMILES string of the molecule is Cc1ccc(-c2c(C(=O)O)cccc2[N+](=O)[O-])cc1. The lowest BCUT2D eigenvalue weighted by Gasteiger charge is -2.07. The molecule has 0 amide bonds. The third-order valence-corrected chi connectivity index (χ3v) is 2.81. The molecule has 0 aliphatic carbocycles. The molecule has 0 unspecified atom stereocenters. The quantitative estimate of drug-likeness (QED) is 0.675. The van der Waals surface area contributed by atoms with Crippen molar-refractivity contribution < 1.29 is 14.8 Å². The van der Waals surface area contributed by atoms with Gasteiger partial charge in [-0.05, 0) is 18.6 Å². The van der Waals surface area contributed by atoms with Gasteiger partial charge in [0.05, 0.1) is 16.1 Å². The van der Waals surface area contributed by atoms with Crippen molar-refractivity contribution in [2.24, 2.45) is 0 Å². The molecule has 0 bridgehead atoms. The van der Waals surface area contributed by atoms with E-state index in [0.29, 0.717) is 5.56 Å². The van der Waals surface area contributed by atoms with Gasteiger partial charge in [-0.1, -0.05) is 35.9 Å². The summed E-state index contributed by atoms with van der Waals surface area (Å²) in [6.07, 6.45) is 0. The van der Waals surface area contributed by atoms with Crippen LogP contribution < -0.4 is 0 Å². The van der Waals surface area contributed by atoms with Crippen molar-refractivity contribution in [1.82, 2.24) is 0 Å². The van der Waals surface area contributed by atoms with Crippen LogP contribution in [0.2, 0.25) is 0 Å². The van der Waals surface area contributed by atoms with Crippen LogP contribution in [0.1, 0.15) is 15.9 Å². The van der Waals surface area contributed by atoms with Crippen molar-refractivity contribution in [2.75, 3.05) is 0 Å². The van der Waals surface area contributed by atoms with E-state index in [4.69, 9.17) is 5.11 Å². The summed E-state index contributed by atoms with van der Waals surface area (Å²) in [5, 5.41) is 20.2. The van der Waals surface area contributed by atoms with E-state index in [9.17, 15) is 14.9 Å². The van der Waals surface area contributed by atoms with Crippen LogP contribution in [0, 0.1) is 17.0 Å². The molecule has 2 aromatic carbocycles. The average molecular weight is 257 g/mol. The summed E-state index contributed by atoms with van der Waals surface area (Å²) < 4.78 is 0. The molecule has 0 saturated heterocycles. The van der Waals surface area contributed by atoms with Crippen LogP contribution in [-0.2, 0) is 0 Å². The maximum atomic E-state index is 11.2. The second kappa shape index (κ2) is 4.89. The fourth-order valence-electron chi connectivity index (χ4n) is 1.89. The van der Waals surface area contributed by atoms with Crippen LogP contribution in [0.15, 0.2) is 42.5 Å². The molecule has 0 radical (unpaired) electrons. The maximum Gasteiger partial charge on any atom is 0.336 e. The molecule has 2 rings (SSSR count). The summed E-state index contributed by atoms with van der Waals surface area (Å²) in [6, 6.07) is 11.0. The predicted octanol–water partition coefficient (Wildman–Crippen LogP) is 3.27. The minimum absolute atomic E-state index is 0.0712. The molecular weight excluding hydrogens is 246 g/mol. The number of aryl methyl sites for hydroxylation is 1. The molecule has 0 atom stereocenters. The summed E-state index contributed by atoms with van der Waals surface area (Å²) in [6.45, 7) is 1.89. The van der Waals surface area contributed by atoms with Crippen LogP contribution in [0.4, 0.5) is 5.69 Å². The number of nitro benzene ring substituents is 1. The highest BCUT2D eigenvalue weighted by Gasteiger charge is 2.22. The molecule has 0 spiro atoms. The third-order valence-electron chi connectivity index (χ3n) is 2.81. The fraction of sp³-hybridized carbons (Fsp3) is 0.0714. The van der Waals surface area contributed by atoms with E-state index < -0.39 is 10.9 Å². The highest BCUT2D eigenvalue weighted by atomic mass is 16.6. The Balaban J connectivity index is 2.74. The Morgan fingerprint density at radius 3 is 2.32 bits per heavy atom. The van der Waals surface area contributed by atoms with Gasteiger partial charge in [0, 0.05) is 6.07 Å². The zero-order chi connectivity index (χ0) is 14.0. The lowest BCUT2D eigenvalue weighted by atomic mass is 9.97. The number of nitro groups is 1. The molecule has 0 fully saturated rings. The van der Waals surface area contributed by atoms with Gasteiger partial charge < -0.3 is 5.11 Å². The van der Waals surface area contributed by atoms with Crippen molar-refractivity contribution in [2.45, 2.75) is 6.92 Å². The molecule has 5 nitrogen and oxygen atoms in total. The number of carbonyl (C=O) groups is 1. The van der Waals surface area contributed by atoms with Gasteiger partial charge in [0.1, 0.15) is 0 Å². The smallest absolute Gasteiger partial charge is 0.336 e. The molecule has 0 heterocycles. The van der Waals surface area contributed by atoms with Gasteiger partial charge in [-0.25, -0.2) is 4.79 Å². The first-order chi connectivity index (χ1) is 9.00. The minimum atomic E-state index is -1.18. The Bertz CT molecular complexity index is 615. The highest BCUT2D eigenvalue weighted by Crippen LogP contribution is 2.33. The molecule has 0 aliphatic rings. The van der Waals surface area contributed by atoms with Crippen LogP contribution in [0.25, 0.3) is 11.1 Å². The molecule has 96 valence electrons. The van der Waals surface area contributed by atoms with E-state index in [1.807, 2.05) is 6.92 Å². The number of aromatic carboxylic acids is 1. The van der Waals surface area contributed by atoms with Gasteiger partial charge in [-0.2, -0.15) is 0 Å². The van der Waals surface area contributed by atoms with Gasteiger partial charge in [0.25, 0.3) is 5.69 Å². The molecule has 1 N–H and O–H groups in total. The number of rotatable bonds is 3. The van der Waals surface area contributed by atoms with Gasteiger partial charge in [-0.15, -0.1) is 0 Å². The number of carboxylic acids is 1. The van der Waals surface area contributed by atoms with E-state index >= 15 is 0 Å². The molecule has 0 aliphatic heterocycles. The Hall–Kier alpha value is -2.69. The van der Waals surface area contributed by atoms with Gasteiger partial charge in [0.2, 0.25) is 0 Å². The highest BCUT2D eigenvalue weighted by molar-refractivity contribution is 5.98. The Morgan fingerprint density at radius 2 is 1.79 bits per heavy atom. The molecule has 19 heavy (non-hydrogen) atoms. The largest absolute Gasteiger partial charge is 0.478 e. The van der Waals surface area contributed by atoms with E-state index in [-0.39, 0.29) is 16.8 Å². The van der Waals surface area contributed by atoms with Crippen LogP contribution in [0.3, 0.4) is 0 Å². The molecular formula is C14H11NO4. The molecule has 5 heteroatoms. The minimum Gasteiger partial charge on any atom is -0.478 e. The topological polar surface area (TPSA) is 80.4 Å². The van der Waals surface area contributed by atoms with Crippen molar-refractivity contribution in [1.29, 1.82) is 0 Å². The zero-order valence-electron chi connectivity index (χ0n) is 10.2. The summed E-state index contributed by atoms with van der Waals surface area (Å²) in [5.74, 6) is -1.18. The average Bonchev–Trinajstić information content (AvgIpc) is 2.38. The number of hydrogen-bond acceptors (Lipinski definition) is 3. The number of benzene rings is 2. The Labute approximate surface area is 109 Å². The summed E-state index contributed by atoms with van der Waals surface area (Å²) in [4.78, 5) is 21.7. The fourth-order valence-corrected chi connectivity index (χ4v) is 1.89. The van der Waals surface area contributed by atoms with E-state index in [1.54, 1.807) is 24.3 Å². The molecule has 2 aromatic rings. The van der Waals surface area contributed by atoms with Crippen LogP contribution in [0.5, 0.6) is 0 Å². The summed E-state index contributed by atoms with van der Waals surface area (Å²) >= 11 is 0. The number of nitrogens with zero attached hydrogens (tertiary/aromatic N) is 1. The van der Waals surface area contributed by atoms with Crippen molar-refractivity contribution in [3.8, 4) is 11.1 Å². The maximum absolute atomic E-state index is 11.2. The van der Waals surface area contributed by atoms with Crippen molar-refractivity contribution >= 4 is 11.7 Å². The van der Waals surface area contributed by atoms with Crippen molar-refractivity contribution in [3.63, 3.8) is 0 Å². The van der Waals surface area contributed by atoms with Gasteiger partial charge >= 0.3 is 5.97 Å². The number of carboxylic acid groups (broad SMARTS) is 1. The molecule has 0 aromatic heterocycles. The van der Waals surface area contributed by atoms with E-state index in [2.05, 4.69) is 0 Å². The van der Waals surface area contributed by atoms with E-state index in [0.717, 1.165) is 5.56 Å². The first-order valence-electron chi connectivity index (χ1n) is 5.58.